The zero-order chi connectivity index (χ0) is 21.8. The Bertz CT molecular complexity index is 1030. The van der Waals surface area contributed by atoms with Gasteiger partial charge in [-0.3, -0.25) is 4.90 Å². The molecule has 1 aromatic heterocycles. The van der Waals surface area contributed by atoms with Crippen LogP contribution >= 0.6 is 0 Å². The molecule has 2 aromatic carbocycles. The Balaban J connectivity index is 1.06. The number of amides is 2. The van der Waals surface area contributed by atoms with Gasteiger partial charge in [0.15, 0.2) is 6.61 Å². The fraction of sp³-hybridized carbons (Fsp3) is 0.375. The molecule has 8 nitrogen and oxygen atoms in total. The SMILES string of the molecule is O=C(Nc1ccc(OCc2noc(C3CC3)n2)cc1)N1CCN(Cc2ccccc2)CC1. The van der Waals surface area contributed by atoms with E-state index in [1.807, 2.05) is 35.2 Å². The Labute approximate surface area is 187 Å². The summed E-state index contributed by atoms with van der Waals surface area (Å²) in [7, 11) is 0. The fourth-order valence-electron chi connectivity index (χ4n) is 3.76. The largest absolute Gasteiger partial charge is 0.485 e. The average molecular weight is 434 g/mol. The molecule has 1 aliphatic carbocycles. The van der Waals surface area contributed by atoms with Crippen LogP contribution in [0.15, 0.2) is 59.1 Å². The quantitative estimate of drug-likeness (QED) is 0.609. The van der Waals surface area contributed by atoms with E-state index in [1.165, 1.54) is 5.56 Å². The minimum absolute atomic E-state index is 0.0718. The molecule has 3 aromatic rings. The minimum atomic E-state index is -0.0718. The highest BCUT2D eigenvalue weighted by molar-refractivity contribution is 5.89. The molecule has 0 atom stereocenters. The van der Waals surface area contributed by atoms with Gasteiger partial charge in [-0.2, -0.15) is 4.98 Å². The van der Waals surface area contributed by atoms with Crippen molar-refractivity contribution in [3.8, 4) is 5.75 Å². The lowest BCUT2D eigenvalue weighted by Gasteiger charge is -2.34. The standard InChI is InChI=1S/C24H27N5O3/c30-24(29-14-12-28(13-15-29)16-18-4-2-1-3-5-18)25-20-8-10-21(11-9-20)31-17-22-26-23(32-27-22)19-6-7-19/h1-5,8-11,19H,6-7,12-17H2,(H,25,30). The predicted molar refractivity (Wildman–Crippen MR) is 119 cm³/mol. The second kappa shape index (κ2) is 9.40. The first-order valence-electron chi connectivity index (χ1n) is 11.1. The van der Waals surface area contributed by atoms with Gasteiger partial charge in [0.2, 0.25) is 11.7 Å². The molecule has 1 saturated carbocycles. The van der Waals surface area contributed by atoms with Gasteiger partial charge in [0, 0.05) is 44.3 Å². The summed E-state index contributed by atoms with van der Waals surface area (Å²) >= 11 is 0. The van der Waals surface area contributed by atoms with Gasteiger partial charge >= 0.3 is 6.03 Å². The van der Waals surface area contributed by atoms with Crippen molar-refractivity contribution in [2.24, 2.45) is 0 Å². The van der Waals surface area contributed by atoms with Crippen molar-refractivity contribution in [2.45, 2.75) is 31.9 Å². The van der Waals surface area contributed by atoms with E-state index in [4.69, 9.17) is 9.26 Å². The van der Waals surface area contributed by atoms with Crippen LogP contribution in [0.1, 0.15) is 36.0 Å². The molecule has 32 heavy (non-hydrogen) atoms. The Morgan fingerprint density at radius 2 is 1.78 bits per heavy atom. The molecular formula is C24H27N5O3. The van der Waals surface area contributed by atoms with E-state index in [0.29, 0.717) is 36.5 Å². The van der Waals surface area contributed by atoms with Crippen LogP contribution in [-0.2, 0) is 13.2 Å². The Hall–Kier alpha value is -3.39. The van der Waals surface area contributed by atoms with Crippen molar-refractivity contribution in [2.75, 3.05) is 31.5 Å². The van der Waals surface area contributed by atoms with Gasteiger partial charge in [0.1, 0.15) is 5.75 Å². The van der Waals surface area contributed by atoms with Crippen molar-refractivity contribution in [1.29, 1.82) is 0 Å². The molecule has 166 valence electrons. The molecule has 2 amide bonds. The Morgan fingerprint density at radius 3 is 2.50 bits per heavy atom. The number of hydrogen-bond donors (Lipinski definition) is 1. The molecule has 8 heteroatoms. The number of nitrogens with one attached hydrogen (secondary N) is 1. The van der Waals surface area contributed by atoms with Gasteiger partial charge in [-0.05, 0) is 42.7 Å². The molecule has 2 aliphatic rings. The number of urea groups is 1. The van der Waals surface area contributed by atoms with Gasteiger partial charge in [-0.15, -0.1) is 0 Å². The van der Waals surface area contributed by atoms with E-state index in [2.05, 4.69) is 44.6 Å². The van der Waals surface area contributed by atoms with E-state index in [0.717, 1.165) is 38.2 Å². The van der Waals surface area contributed by atoms with Crippen molar-refractivity contribution < 1.29 is 14.1 Å². The highest BCUT2D eigenvalue weighted by Crippen LogP contribution is 2.38. The summed E-state index contributed by atoms with van der Waals surface area (Å²) in [4.78, 5) is 21.2. The van der Waals surface area contributed by atoms with E-state index in [-0.39, 0.29) is 12.6 Å². The first kappa shape index (κ1) is 20.5. The summed E-state index contributed by atoms with van der Waals surface area (Å²) < 4.78 is 11.0. The number of carbonyl (C=O) groups excluding carboxylic acids is 1. The third-order valence-electron chi connectivity index (χ3n) is 5.79. The van der Waals surface area contributed by atoms with Gasteiger partial charge in [0.25, 0.3) is 0 Å². The highest BCUT2D eigenvalue weighted by Gasteiger charge is 2.29. The summed E-state index contributed by atoms with van der Waals surface area (Å²) in [6, 6.07) is 17.7. The summed E-state index contributed by atoms with van der Waals surface area (Å²) in [6.07, 6.45) is 2.25. The summed E-state index contributed by atoms with van der Waals surface area (Å²) in [5.41, 5.74) is 2.04. The maximum absolute atomic E-state index is 12.6. The molecule has 0 bridgehead atoms. The van der Waals surface area contributed by atoms with Crippen LogP contribution in [0.2, 0.25) is 0 Å². The van der Waals surface area contributed by atoms with E-state index in [1.54, 1.807) is 0 Å². The fourth-order valence-corrected chi connectivity index (χ4v) is 3.76. The molecule has 1 saturated heterocycles. The van der Waals surface area contributed by atoms with E-state index >= 15 is 0 Å². The van der Waals surface area contributed by atoms with Gasteiger partial charge in [0.05, 0.1) is 0 Å². The lowest BCUT2D eigenvalue weighted by molar-refractivity contribution is 0.143. The van der Waals surface area contributed by atoms with Crippen LogP contribution in [0.3, 0.4) is 0 Å². The first-order chi connectivity index (χ1) is 15.7. The van der Waals surface area contributed by atoms with Crippen LogP contribution in [0, 0.1) is 0 Å². The normalized spacial score (nSPS) is 16.7. The number of anilines is 1. The second-order valence-corrected chi connectivity index (χ2v) is 8.32. The minimum Gasteiger partial charge on any atom is -0.485 e. The number of ether oxygens (including phenoxy) is 1. The molecule has 5 rings (SSSR count). The lowest BCUT2D eigenvalue weighted by Crippen LogP contribution is -2.49. The van der Waals surface area contributed by atoms with Crippen LogP contribution < -0.4 is 10.1 Å². The van der Waals surface area contributed by atoms with Crippen LogP contribution in [0.4, 0.5) is 10.5 Å². The van der Waals surface area contributed by atoms with E-state index in [9.17, 15) is 4.79 Å². The first-order valence-corrected chi connectivity index (χ1v) is 11.1. The van der Waals surface area contributed by atoms with Crippen molar-refractivity contribution in [3.05, 3.63) is 71.9 Å². The topological polar surface area (TPSA) is 83.7 Å². The molecule has 0 spiro atoms. The third-order valence-corrected chi connectivity index (χ3v) is 5.79. The number of carbonyl (C=O) groups is 1. The summed E-state index contributed by atoms with van der Waals surface area (Å²) in [6.45, 7) is 4.35. The number of hydrogen-bond acceptors (Lipinski definition) is 6. The van der Waals surface area contributed by atoms with Crippen molar-refractivity contribution >= 4 is 11.7 Å². The highest BCUT2D eigenvalue weighted by atomic mass is 16.5. The molecule has 1 aliphatic heterocycles. The van der Waals surface area contributed by atoms with E-state index < -0.39 is 0 Å². The predicted octanol–water partition coefficient (Wildman–Crippen LogP) is 3.88. The average Bonchev–Trinajstić information content (AvgIpc) is 3.57. The maximum atomic E-state index is 12.6. The Kier molecular flexibility index (Phi) is 6.02. The molecule has 0 radical (unpaired) electrons. The lowest BCUT2D eigenvalue weighted by atomic mass is 10.2. The zero-order valence-corrected chi connectivity index (χ0v) is 17.9. The van der Waals surface area contributed by atoms with Gasteiger partial charge in [-0.25, -0.2) is 4.79 Å². The molecule has 1 N–H and O–H groups in total. The zero-order valence-electron chi connectivity index (χ0n) is 17.9. The van der Waals surface area contributed by atoms with Crippen molar-refractivity contribution in [1.82, 2.24) is 19.9 Å². The molecule has 2 heterocycles. The van der Waals surface area contributed by atoms with Crippen LogP contribution in [0.25, 0.3) is 0 Å². The molecule has 2 fully saturated rings. The third kappa shape index (κ3) is 5.26. The number of benzene rings is 2. The molecular weight excluding hydrogens is 406 g/mol. The summed E-state index contributed by atoms with van der Waals surface area (Å²) in [5, 5.41) is 6.93. The number of aromatic nitrogens is 2. The van der Waals surface area contributed by atoms with Crippen molar-refractivity contribution in [3.63, 3.8) is 0 Å². The maximum Gasteiger partial charge on any atom is 0.321 e. The van der Waals surface area contributed by atoms with Gasteiger partial charge in [-0.1, -0.05) is 35.5 Å². The number of rotatable bonds is 7. The van der Waals surface area contributed by atoms with Crippen LogP contribution in [-0.4, -0.2) is 52.2 Å². The second-order valence-electron chi connectivity index (χ2n) is 8.32. The van der Waals surface area contributed by atoms with Gasteiger partial charge < -0.3 is 19.5 Å². The Morgan fingerprint density at radius 1 is 1.03 bits per heavy atom. The summed E-state index contributed by atoms with van der Waals surface area (Å²) in [5.74, 6) is 2.39. The smallest absolute Gasteiger partial charge is 0.321 e. The van der Waals surface area contributed by atoms with Crippen LogP contribution in [0.5, 0.6) is 5.75 Å². The monoisotopic (exact) mass is 433 g/mol. The number of nitrogens with zero attached hydrogens (tertiary/aromatic N) is 4. The molecule has 0 unspecified atom stereocenters. The number of piperazine rings is 1.